The van der Waals surface area contributed by atoms with Gasteiger partial charge in [0.25, 0.3) is 0 Å². The van der Waals surface area contributed by atoms with Gasteiger partial charge in [-0.2, -0.15) is 0 Å². The molecule has 0 spiro atoms. The van der Waals surface area contributed by atoms with E-state index in [1.54, 1.807) is 20.8 Å². The smallest absolute Gasteiger partial charge is 0.0563 e. The molecule has 0 saturated heterocycles. The minimum atomic E-state index is -0.500. The Hall–Kier alpha value is -0.820. The largest absolute Gasteiger partial charge is 0.391 e. The van der Waals surface area contributed by atoms with Gasteiger partial charge >= 0.3 is 0 Å². The molecule has 0 aliphatic rings. The average molecular weight is 180 g/mol. The summed E-state index contributed by atoms with van der Waals surface area (Å²) in [5.41, 5.74) is 0.910. The standard InChI is InChI=1S/C8H10.C4H10O/c1-2-8-6-4-3-5-7-8;1-4(2,3)5/h3-7H,2H2,1H3;5H,1-3H3. The molecule has 0 radical (unpaired) electrons. The summed E-state index contributed by atoms with van der Waals surface area (Å²) in [6, 6.07) is 10.5. The third-order valence-electron chi connectivity index (χ3n) is 1.25. The number of hydrogen-bond acceptors (Lipinski definition) is 1. The van der Waals surface area contributed by atoms with Crippen molar-refractivity contribution in [1.82, 2.24) is 0 Å². The van der Waals surface area contributed by atoms with Crippen LogP contribution in [0, 0.1) is 0 Å². The molecule has 1 N–H and O–H groups in total. The van der Waals surface area contributed by atoms with E-state index in [1.165, 1.54) is 5.56 Å². The SMILES string of the molecule is CC(C)(C)O.CCc1ccccc1. The zero-order valence-electron chi connectivity index (χ0n) is 9.04. The van der Waals surface area contributed by atoms with Gasteiger partial charge in [-0.05, 0) is 32.8 Å². The first-order valence-electron chi connectivity index (χ1n) is 4.69. The molecule has 13 heavy (non-hydrogen) atoms. The summed E-state index contributed by atoms with van der Waals surface area (Å²) < 4.78 is 0. The summed E-state index contributed by atoms with van der Waals surface area (Å²) in [5, 5.41) is 8.52. The minimum Gasteiger partial charge on any atom is -0.391 e. The predicted molar refractivity (Wildman–Crippen MR) is 57.8 cm³/mol. The highest BCUT2D eigenvalue weighted by Crippen LogP contribution is 1.96. The molecule has 74 valence electrons. The van der Waals surface area contributed by atoms with E-state index < -0.39 is 5.60 Å². The van der Waals surface area contributed by atoms with Crippen molar-refractivity contribution in [2.75, 3.05) is 0 Å². The summed E-state index contributed by atoms with van der Waals surface area (Å²) in [7, 11) is 0. The van der Waals surface area contributed by atoms with E-state index in [0.717, 1.165) is 6.42 Å². The van der Waals surface area contributed by atoms with E-state index in [9.17, 15) is 0 Å². The lowest BCUT2D eigenvalue weighted by Gasteiger charge is -2.04. The highest BCUT2D eigenvalue weighted by atomic mass is 16.3. The molecule has 0 heterocycles. The first-order chi connectivity index (χ1) is 5.93. The highest BCUT2D eigenvalue weighted by molar-refractivity contribution is 5.13. The summed E-state index contributed by atoms with van der Waals surface area (Å²) in [6.45, 7) is 7.39. The fourth-order valence-electron chi connectivity index (χ4n) is 0.714. The molecule has 0 aliphatic heterocycles. The first kappa shape index (κ1) is 12.2. The van der Waals surface area contributed by atoms with Gasteiger partial charge in [0.15, 0.2) is 0 Å². The van der Waals surface area contributed by atoms with Crippen LogP contribution in [0.2, 0.25) is 0 Å². The summed E-state index contributed by atoms with van der Waals surface area (Å²) >= 11 is 0. The molecule has 1 nitrogen and oxygen atoms in total. The van der Waals surface area contributed by atoms with Crippen molar-refractivity contribution in [2.45, 2.75) is 39.7 Å². The molecule has 1 aromatic carbocycles. The second-order valence-corrected chi connectivity index (χ2v) is 4.01. The second-order valence-electron chi connectivity index (χ2n) is 4.01. The lowest BCUT2D eigenvalue weighted by molar-refractivity contribution is 0.102. The Kier molecular flexibility index (Phi) is 5.40. The van der Waals surface area contributed by atoms with E-state index >= 15 is 0 Å². The Balaban J connectivity index is 0.000000252. The molecular formula is C12H20O. The van der Waals surface area contributed by atoms with Crippen LogP contribution in [0.15, 0.2) is 30.3 Å². The summed E-state index contributed by atoms with van der Waals surface area (Å²) in [4.78, 5) is 0. The zero-order valence-corrected chi connectivity index (χ0v) is 9.04. The molecule has 0 aliphatic carbocycles. The number of rotatable bonds is 1. The zero-order chi connectivity index (χ0) is 10.3. The van der Waals surface area contributed by atoms with Crippen molar-refractivity contribution in [3.63, 3.8) is 0 Å². The van der Waals surface area contributed by atoms with Crippen LogP contribution in [0.5, 0.6) is 0 Å². The van der Waals surface area contributed by atoms with Crippen molar-refractivity contribution in [3.8, 4) is 0 Å². The van der Waals surface area contributed by atoms with Gasteiger partial charge in [0.1, 0.15) is 0 Å². The molecule has 0 atom stereocenters. The molecule has 0 saturated carbocycles. The van der Waals surface area contributed by atoms with Gasteiger partial charge in [-0.25, -0.2) is 0 Å². The van der Waals surface area contributed by atoms with Gasteiger partial charge in [0.05, 0.1) is 5.60 Å². The van der Waals surface area contributed by atoms with Crippen LogP contribution >= 0.6 is 0 Å². The fourth-order valence-corrected chi connectivity index (χ4v) is 0.714. The van der Waals surface area contributed by atoms with Gasteiger partial charge in [-0.3, -0.25) is 0 Å². The quantitative estimate of drug-likeness (QED) is 0.704. The maximum absolute atomic E-state index is 8.52. The molecule has 1 heteroatoms. The Morgan fingerprint density at radius 2 is 1.46 bits per heavy atom. The third-order valence-corrected chi connectivity index (χ3v) is 1.25. The van der Waals surface area contributed by atoms with Crippen molar-refractivity contribution in [2.24, 2.45) is 0 Å². The van der Waals surface area contributed by atoms with Gasteiger partial charge in [-0.1, -0.05) is 37.3 Å². The van der Waals surface area contributed by atoms with Crippen molar-refractivity contribution in [1.29, 1.82) is 0 Å². The number of aryl methyl sites for hydroxylation is 1. The van der Waals surface area contributed by atoms with Gasteiger partial charge in [-0.15, -0.1) is 0 Å². The molecule has 0 amide bonds. The molecule has 1 aromatic rings. The normalized spacial score (nSPS) is 10.2. The van der Waals surface area contributed by atoms with Gasteiger partial charge in [0, 0.05) is 0 Å². The van der Waals surface area contributed by atoms with E-state index in [0.29, 0.717) is 0 Å². The van der Waals surface area contributed by atoms with Gasteiger partial charge in [0.2, 0.25) is 0 Å². The Bertz CT molecular complexity index is 202. The fraction of sp³-hybridized carbons (Fsp3) is 0.500. The Morgan fingerprint density at radius 1 is 1.08 bits per heavy atom. The van der Waals surface area contributed by atoms with Crippen LogP contribution in [0.1, 0.15) is 33.3 Å². The van der Waals surface area contributed by atoms with E-state index in [4.69, 9.17) is 5.11 Å². The first-order valence-corrected chi connectivity index (χ1v) is 4.69. The molecule has 0 aromatic heterocycles. The van der Waals surface area contributed by atoms with E-state index in [-0.39, 0.29) is 0 Å². The minimum absolute atomic E-state index is 0.500. The van der Waals surface area contributed by atoms with Crippen LogP contribution in [0.4, 0.5) is 0 Å². The van der Waals surface area contributed by atoms with E-state index in [1.807, 2.05) is 6.07 Å². The average Bonchev–Trinajstić information content (AvgIpc) is 2.03. The van der Waals surface area contributed by atoms with Crippen molar-refractivity contribution >= 4 is 0 Å². The predicted octanol–water partition coefficient (Wildman–Crippen LogP) is 3.03. The monoisotopic (exact) mass is 180 g/mol. The molecule has 1 rings (SSSR count). The Morgan fingerprint density at radius 3 is 1.69 bits per heavy atom. The third kappa shape index (κ3) is 11.2. The number of benzene rings is 1. The van der Waals surface area contributed by atoms with Crippen LogP contribution < -0.4 is 0 Å². The van der Waals surface area contributed by atoms with Crippen LogP contribution in [-0.4, -0.2) is 10.7 Å². The second kappa shape index (κ2) is 5.76. The topological polar surface area (TPSA) is 20.2 Å². The van der Waals surface area contributed by atoms with Gasteiger partial charge < -0.3 is 5.11 Å². The van der Waals surface area contributed by atoms with Crippen LogP contribution in [0.3, 0.4) is 0 Å². The molecule has 0 bridgehead atoms. The highest BCUT2D eigenvalue weighted by Gasteiger charge is 1.97. The molecule has 0 fully saturated rings. The number of hydrogen-bond donors (Lipinski definition) is 1. The molecular weight excluding hydrogens is 160 g/mol. The summed E-state index contributed by atoms with van der Waals surface area (Å²) in [5.74, 6) is 0. The Labute approximate surface area is 81.4 Å². The van der Waals surface area contributed by atoms with Crippen molar-refractivity contribution in [3.05, 3.63) is 35.9 Å². The van der Waals surface area contributed by atoms with Crippen molar-refractivity contribution < 1.29 is 5.11 Å². The lowest BCUT2D eigenvalue weighted by Crippen LogP contribution is -2.10. The maximum Gasteiger partial charge on any atom is 0.0563 e. The lowest BCUT2D eigenvalue weighted by atomic mass is 10.2. The van der Waals surface area contributed by atoms with Crippen LogP contribution in [-0.2, 0) is 6.42 Å². The maximum atomic E-state index is 8.52. The molecule has 0 unspecified atom stereocenters. The summed E-state index contributed by atoms with van der Waals surface area (Å²) in [6.07, 6.45) is 1.14. The van der Waals surface area contributed by atoms with Crippen LogP contribution in [0.25, 0.3) is 0 Å². The van der Waals surface area contributed by atoms with E-state index in [2.05, 4.69) is 31.2 Å². The number of aliphatic hydroxyl groups is 1.